The van der Waals surface area contributed by atoms with Crippen LogP contribution in [0.15, 0.2) is 24.3 Å². The van der Waals surface area contributed by atoms with E-state index < -0.39 is 0 Å². The molecule has 0 amide bonds. The molecule has 19 heavy (non-hydrogen) atoms. The predicted octanol–water partition coefficient (Wildman–Crippen LogP) is 3.09. The van der Waals surface area contributed by atoms with Crippen LogP contribution in [0, 0.1) is 0 Å². The number of methoxy groups -OCH3 is 1. The lowest BCUT2D eigenvalue weighted by molar-refractivity contribution is -0.0967. The van der Waals surface area contributed by atoms with E-state index in [1.54, 1.807) is 7.11 Å². The number of nitrogens with one attached hydrogen (secondary N) is 1. The SMILES string of the molecule is CCNC1CCOC(CC)(c2ccc(OC)cc2)C1. The van der Waals surface area contributed by atoms with Crippen molar-refractivity contribution < 1.29 is 9.47 Å². The first kappa shape index (κ1) is 14.4. The van der Waals surface area contributed by atoms with Gasteiger partial charge in [0.25, 0.3) is 0 Å². The van der Waals surface area contributed by atoms with Crippen molar-refractivity contribution in [2.24, 2.45) is 0 Å². The van der Waals surface area contributed by atoms with E-state index in [1.807, 2.05) is 12.1 Å². The van der Waals surface area contributed by atoms with Crippen LogP contribution in [-0.2, 0) is 10.3 Å². The highest BCUT2D eigenvalue weighted by Gasteiger charge is 2.37. The van der Waals surface area contributed by atoms with E-state index in [0.717, 1.165) is 38.2 Å². The van der Waals surface area contributed by atoms with Crippen LogP contribution in [0.4, 0.5) is 0 Å². The minimum absolute atomic E-state index is 0.142. The number of hydrogen-bond donors (Lipinski definition) is 1. The molecule has 0 saturated carbocycles. The number of ether oxygens (including phenoxy) is 2. The maximum atomic E-state index is 6.17. The molecule has 0 spiro atoms. The molecule has 1 aliphatic heterocycles. The summed E-state index contributed by atoms with van der Waals surface area (Å²) in [5.41, 5.74) is 1.12. The largest absolute Gasteiger partial charge is 0.497 e. The molecule has 106 valence electrons. The van der Waals surface area contributed by atoms with Crippen molar-refractivity contribution in [1.82, 2.24) is 5.32 Å². The summed E-state index contributed by atoms with van der Waals surface area (Å²) >= 11 is 0. The van der Waals surface area contributed by atoms with E-state index in [0.29, 0.717) is 6.04 Å². The van der Waals surface area contributed by atoms with Crippen molar-refractivity contribution >= 4 is 0 Å². The van der Waals surface area contributed by atoms with E-state index in [4.69, 9.17) is 9.47 Å². The molecule has 0 bridgehead atoms. The third kappa shape index (κ3) is 3.10. The molecule has 2 rings (SSSR count). The average molecular weight is 263 g/mol. The van der Waals surface area contributed by atoms with Crippen molar-refractivity contribution in [3.63, 3.8) is 0 Å². The molecule has 1 heterocycles. The Hall–Kier alpha value is -1.06. The summed E-state index contributed by atoms with van der Waals surface area (Å²) in [6, 6.07) is 8.87. The normalized spacial score (nSPS) is 27.2. The smallest absolute Gasteiger partial charge is 0.118 e. The molecule has 2 unspecified atom stereocenters. The molecule has 0 radical (unpaired) electrons. The van der Waals surface area contributed by atoms with Crippen molar-refractivity contribution in [3.05, 3.63) is 29.8 Å². The third-order valence-corrected chi connectivity index (χ3v) is 4.10. The van der Waals surface area contributed by atoms with Gasteiger partial charge >= 0.3 is 0 Å². The molecular formula is C16H25NO2. The number of rotatable bonds is 5. The Morgan fingerprint density at radius 3 is 2.63 bits per heavy atom. The van der Waals surface area contributed by atoms with E-state index >= 15 is 0 Å². The Labute approximate surface area is 116 Å². The van der Waals surface area contributed by atoms with Crippen LogP contribution in [0.3, 0.4) is 0 Å². The maximum absolute atomic E-state index is 6.17. The monoisotopic (exact) mass is 263 g/mol. The third-order valence-electron chi connectivity index (χ3n) is 4.10. The van der Waals surface area contributed by atoms with Crippen LogP contribution < -0.4 is 10.1 Å². The fourth-order valence-electron chi connectivity index (χ4n) is 2.96. The summed E-state index contributed by atoms with van der Waals surface area (Å²) < 4.78 is 11.4. The van der Waals surface area contributed by atoms with Crippen LogP contribution in [-0.4, -0.2) is 26.3 Å². The summed E-state index contributed by atoms with van der Waals surface area (Å²) in [5, 5.41) is 3.56. The fourth-order valence-corrected chi connectivity index (χ4v) is 2.96. The molecule has 1 aromatic carbocycles. The molecule has 1 aromatic rings. The van der Waals surface area contributed by atoms with E-state index in [2.05, 4.69) is 31.3 Å². The Balaban J connectivity index is 2.20. The minimum Gasteiger partial charge on any atom is -0.497 e. The van der Waals surface area contributed by atoms with Crippen LogP contribution in [0.25, 0.3) is 0 Å². The highest BCUT2D eigenvalue weighted by molar-refractivity contribution is 5.31. The van der Waals surface area contributed by atoms with Crippen LogP contribution >= 0.6 is 0 Å². The van der Waals surface area contributed by atoms with Gasteiger partial charge in [0.05, 0.1) is 12.7 Å². The Morgan fingerprint density at radius 1 is 1.32 bits per heavy atom. The van der Waals surface area contributed by atoms with Gasteiger partial charge in [-0.2, -0.15) is 0 Å². The lowest BCUT2D eigenvalue weighted by atomic mass is 9.82. The Morgan fingerprint density at radius 2 is 2.05 bits per heavy atom. The van der Waals surface area contributed by atoms with Crippen molar-refractivity contribution in [2.45, 2.75) is 44.8 Å². The van der Waals surface area contributed by atoms with Crippen LogP contribution in [0.1, 0.15) is 38.7 Å². The first-order valence-corrected chi connectivity index (χ1v) is 7.26. The summed E-state index contributed by atoms with van der Waals surface area (Å²) in [4.78, 5) is 0. The highest BCUT2D eigenvalue weighted by Crippen LogP contribution is 2.38. The molecular weight excluding hydrogens is 238 g/mol. The van der Waals surface area contributed by atoms with Crippen molar-refractivity contribution in [2.75, 3.05) is 20.3 Å². The molecule has 3 nitrogen and oxygen atoms in total. The van der Waals surface area contributed by atoms with Gasteiger partial charge in [-0.1, -0.05) is 26.0 Å². The average Bonchev–Trinajstić information content (AvgIpc) is 2.48. The second kappa shape index (κ2) is 6.40. The molecule has 1 N–H and O–H groups in total. The van der Waals surface area contributed by atoms with Crippen LogP contribution in [0.2, 0.25) is 0 Å². The van der Waals surface area contributed by atoms with Gasteiger partial charge < -0.3 is 14.8 Å². The fraction of sp³-hybridized carbons (Fsp3) is 0.625. The van der Waals surface area contributed by atoms with Gasteiger partial charge in [-0.25, -0.2) is 0 Å². The van der Waals surface area contributed by atoms with E-state index in [9.17, 15) is 0 Å². The van der Waals surface area contributed by atoms with E-state index in [-0.39, 0.29) is 5.60 Å². The van der Waals surface area contributed by atoms with Gasteiger partial charge in [0.15, 0.2) is 0 Å². The Bertz CT molecular complexity index is 388. The lowest BCUT2D eigenvalue weighted by Gasteiger charge is -2.41. The second-order valence-electron chi connectivity index (χ2n) is 5.17. The molecule has 1 saturated heterocycles. The van der Waals surface area contributed by atoms with Crippen molar-refractivity contribution in [3.8, 4) is 5.75 Å². The van der Waals surface area contributed by atoms with Gasteiger partial charge in [0, 0.05) is 12.6 Å². The molecule has 3 heteroatoms. The summed E-state index contributed by atoms with van der Waals surface area (Å²) in [5.74, 6) is 0.897. The highest BCUT2D eigenvalue weighted by atomic mass is 16.5. The quantitative estimate of drug-likeness (QED) is 0.885. The molecule has 2 atom stereocenters. The maximum Gasteiger partial charge on any atom is 0.118 e. The molecule has 1 fully saturated rings. The minimum atomic E-state index is -0.142. The number of hydrogen-bond acceptors (Lipinski definition) is 3. The summed E-state index contributed by atoms with van der Waals surface area (Å²) in [6.45, 7) is 6.22. The summed E-state index contributed by atoms with van der Waals surface area (Å²) in [6.07, 6.45) is 3.15. The Kier molecular flexibility index (Phi) is 4.83. The topological polar surface area (TPSA) is 30.5 Å². The van der Waals surface area contributed by atoms with Gasteiger partial charge in [-0.15, -0.1) is 0 Å². The zero-order valence-electron chi connectivity index (χ0n) is 12.2. The molecule has 0 aliphatic carbocycles. The molecule has 0 aromatic heterocycles. The van der Waals surface area contributed by atoms with Gasteiger partial charge in [-0.3, -0.25) is 0 Å². The first-order chi connectivity index (χ1) is 9.24. The zero-order chi connectivity index (χ0) is 13.7. The second-order valence-corrected chi connectivity index (χ2v) is 5.17. The molecule has 1 aliphatic rings. The predicted molar refractivity (Wildman–Crippen MR) is 77.6 cm³/mol. The zero-order valence-corrected chi connectivity index (χ0v) is 12.2. The van der Waals surface area contributed by atoms with Gasteiger partial charge in [-0.05, 0) is 43.5 Å². The summed E-state index contributed by atoms with van der Waals surface area (Å²) in [7, 11) is 1.70. The standard InChI is InChI=1S/C16H25NO2/c1-4-16(12-14(17-5-2)10-11-19-16)13-6-8-15(18-3)9-7-13/h6-9,14,17H,4-5,10-12H2,1-3H3. The van der Waals surface area contributed by atoms with E-state index in [1.165, 1.54) is 5.56 Å². The van der Waals surface area contributed by atoms with Crippen molar-refractivity contribution in [1.29, 1.82) is 0 Å². The van der Waals surface area contributed by atoms with Gasteiger partial charge in [0.2, 0.25) is 0 Å². The lowest BCUT2D eigenvalue weighted by Crippen LogP contribution is -2.45. The first-order valence-electron chi connectivity index (χ1n) is 7.26. The number of benzene rings is 1. The van der Waals surface area contributed by atoms with Gasteiger partial charge in [0.1, 0.15) is 5.75 Å². The van der Waals surface area contributed by atoms with Crippen LogP contribution in [0.5, 0.6) is 5.75 Å².